The maximum absolute atomic E-state index is 14.0. The Morgan fingerprint density at radius 3 is 2.70 bits per heavy atom. The fraction of sp³-hybridized carbons (Fsp3) is 0.0952. The second-order valence-electron chi connectivity index (χ2n) is 6.13. The molecule has 27 heavy (non-hydrogen) atoms. The van der Waals surface area contributed by atoms with Gasteiger partial charge in [-0.1, -0.05) is 18.2 Å². The Bertz CT molecular complexity index is 1240. The molecule has 0 saturated heterocycles. The van der Waals surface area contributed by atoms with E-state index in [2.05, 4.69) is 9.97 Å². The lowest BCUT2D eigenvalue weighted by molar-refractivity contribution is 0.625. The Balaban J connectivity index is 1.99. The summed E-state index contributed by atoms with van der Waals surface area (Å²) in [5, 5.41) is 2.47. The van der Waals surface area contributed by atoms with Crippen LogP contribution in [-0.4, -0.2) is 14.5 Å². The molecule has 4 nitrogen and oxygen atoms in total. The predicted octanol–water partition coefficient (Wildman–Crippen LogP) is 4.77. The SMILES string of the molecule is Cc1ncccc1-n1c(/C=C/c2ccccc2F)nc2csc(C)c2c1=O. The van der Waals surface area contributed by atoms with Gasteiger partial charge in [-0.05, 0) is 44.2 Å². The van der Waals surface area contributed by atoms with E-state index in [1.165, 1.54) is 17.4 Å². The number of fused-ring (bicyclic) bond motifs is 1. The smallest absolute Gasteiger partial charge is 0.267 e. The highest BCUT2D eigenvalue weighted by Crippen LogP contribution is 2.23. The third kappa shape index (κ3) is 3.08. The second kappa shape index (κ2) is 6.89. The van der Waals surface area contributed by atoms with E-state index in [1.54, 1.807) is 47.2 Å². The predicted molar refractivity (Wildman–Crippen MR) is 108 cm³/mol. The molecule has 0 N–H and O–H groups in total. The maximum atomic E-state index is 14.0. The molecule has 3 heterocycles. The van der Waals surface area contributed by atoms with Gasteiger partial charge in [-0.15, -0.1) is 11.3 Å². The Kier molecular flexibility index (Phi) is 4.41. The van der Waals surface area contributed by atoms with Gasteiger partial charge in [-0.25, -0.2) is 9.37 Å². The van der Waals surface area contributed by atoms with Crippen LogP contribution in [0.2, 0.25) is 0 Å². The van der Waals surface area contributed by atoms with E-state index < -0.39 is 0 Å². The van der Waals surface area contributed by atoms with Gasteiger partial charge in [0.1, 0.15) is 11.6 Å². The molecule has 0 atom stereocenters. The number of aryl methyl sites for hydroxylation is 2. The van der Waals surface area contributed by atoms with Crippen molar-refractivity contribution in [2.45, 2.75) is 13.8 Å². The van der Waals surface area contributed by atoms with Gasteiger partial charge in [0.25, 0.3) is 5.56 Å². The van der Waals surface area contributed by atoms with E-state index in [1.807, 2.05) is 25.3 Å². The first-order chi connectivity index (χ1) is 13.1. The summed E-state index contributed by atoms with van der Waals surface area (Å²) in [7, 11) is 0. The molecule has 0 aliphatic heterocycles. The number of hydrogen-bond acceptors (Lipinski definition) is 4. The molecule has 0 fully saturated rings. The summed E-state index contributed by atoms with van der Waals surface area (Å²) in [4.78, 5) is 23.1. The molecule has 0 radical (unpaired) electrons. The highest BCUT2D eigenvalue weighted by molar-refractivity contribution is 7.11. The summed E-state index contributed by atoms with van der Waals surface area (Å²) in [6.07, 6.45) is 4.98. The first kappa shape index (κ1) is 17.3. The van der Waals surface area contributed by atoms with Crippen molar-refractivity contribution in [2.75, 3.05) is 0 Å². The van der Waals surface area contributed by atoms with Gasteiger partial charge in [0.05, 0.1) is 22.3 Å². The summed E-state index contributed by atoms with van der Waals surface area (Å²) in [5.74, 6) is 0.109. The van der Waals surface area contributed by atoms with E-state index >= 15 is 0 Å². The van der Waals surface area contributed by atoms with E-state index in [4.69, 9.17) is 0 Å². The molecular formula is C21H16FN3OS. The number of hydrogen-bond donors (Lipinski definition) is 0. The van der Waals surface area contributed by atoms with Crippen LogP contribution in [0.1, 0.15) is 22.0 Å². The standard InChI is InChI=1S/C21H16FN3OS/c1-13-18(8-5-11-23-13)25-19(10-9-15-6-3-4-7-16(15)22)24-17-12-27-14(2)20(17)21(25)26/h3-12H,1-2H3/b10-9+. The first-order valence-electron chi connectivity index (χ1n) is 8.41. The lowest BCUT2D eigenvalue weighted by Crippen LogP contribution is -2.23. The molecule has 4 rings (SSSR count). The number of halogens is 1. The molecule has 3 aromatic heterocycles. The maximum Gasteiger partial charge on any atom is 0.267 e. The summed E-state index contributed by atoms with van der Waals surface area (Å²) < 4.78 is 15.5. The molecular weight excluding hydrogens is 361 g/mol. The lowest BCUT2D eigenvalue weighted by atomic mass is 10.2. The fourth-order valence-corrected chi connectivity index (χ4v) is 3.77. The molecule has 0 bridgehead atoms. The Morgan fingerprint density at radius 1 is 1.11 bits per heavy atom. The number of rotatable bonds is 3. The van der Waals surface area contributed by atoms with Crippen LogP contribution in [0.15, 0.2) is 52.8 Å². The Hall–Kier alpha value is -3.12. The second-order valence-corrected chi connectivity index (χ2v) is 7.21. The monoisotopic (exact) mass is 377 g/mol. The molecule has 0 unspecified atom stereocenters. The van der Waals surface area contributed by atoms with Gasteiger partial charge < -0.3 is 0 Å². The zero-order valence-electron chi connectivity index (χ0n) is 14.8. The molecule has 0 saturated carbocycles. The Morgan fingerprint density at radius 2 is 1.93 bits per heavy atom. The first-order valence-corrected chi connectivity index (χ1v) is 9.29. The van der Waals surface area contributed by atoms with Crippen LogP contribution >= 0.6 is 11.3 Å². The van der Waals surface area contributed by atoms with Gasteiger partial charge in [0, 0.05) is 22.0 Å². The van der Waals surface area contributed by atoms with Crippen molar-refractivity contribution < 1.29 is 4.39 Å². The van der Waals surface area contributed by atoms with E-state index in [-0.39, 0.29) is 11.4 Å². The normalized spacial score (nSPS) is 11.5. The van der Waals surface area contributed by atoms with Gasteiger partial charge in [0.2, 0.25) is 0 Å². The van der Waals surface area contributed by atoms with Crippen molar-refractivity contribution in [3.8, 4) is 5.69 Å². The lowest BCUT2D eigenvalue weighted by Gasteiger charge is -2.12. The average Bonchev–Trinajstić information content (AvgIpc) is 3.03. The third-order valence-corrected chi connectivity index (χ3v) is 5.27. The molecule has 0 amide bonds. The summed E-state index contributed by atoms with van der Waals surface area (Å²) >= 11 is 1.49. The number of benzene rings is 1. The summed E-state index contributed by atoms with van der Waals surface area (Å²) in [6.45, 7) is 3.75. The highest BCUT2D eigenvalue weighted by Gasteiger charge is 2.15. The van der Waals surface area contributed by atoms with Crippen molar-refractivity contribution in [2.24, 2.45) is 0 Å². The molecule has 0 aliphatic rings. The number of pyridine rings is 1. The summed E-state index contributed by atoms with van der Waals surface area (Å²) in [5.41, 5.74) is 2.31. The zero-order chi connectivity index (χ0) is 19.0. The van der Waals surface area contributed by atoms with Crippen LogP contribution in [0.3, 0.4) is 0 Å². The minimum absolute atomic E-state index is 0.150. The van der Waals surface area contributed by atoms with Crippen LogP contribution in [-0.2, 0) is 0 Å². The molecule has 0 aliphatic carbocycles. The van der Waals surface area contributed by atoms with Crippen LogP contribution in [0.4, 0.5) is 4.39 Å². The molecule has 1 aromatic carbocycles. The topological polar surface area (TPSA) is 47.8 Å². The van der Waals surface area contributed by atoms with Crippen molar-refractivity contribution >= 4 is 34.4 Å². The fourth-order valence-electron chi connectivity index (χ4n) is 3.01. The molecule has 6 heteroatoms. The van der Waals surface area contributed by atoms with Gasteiger partial charge in [-0.2, -0.15) is 0 Å². The largest absolute Gasteiger partial charge is 0.268 e. The molecule has 4 aromatic rings. The zero-order valence-corrected chi connectivity index (χ0v) is 15.6. The minimum atomic E-state index is -0.326. The van der Waals surface area contributed by atoms with Crippen LogP contribution in [0.25, 0.3) is 28.7 Å². The van der Waals surface area contributed by atoms with Crippen molar-refractivity contribution in [3.05, 3.63) is 86.1 Å². The number of thiophene rings is 1. The van der Waals surface area contributed by atoms with Crippen LogP contribution in [0.5, 0.6) is 0 Å². The van der Waals surface area contributed by atoms with Gasteiger partial charge >= 0.3 is 0 Å². The summed E-state index contributed by atoms with van der Waals surface area (Å²) in [6, 6.07) is 10.1. The highest BCUT2D eigenvalue weighted by atomic mass is 32.1. The van der Waals surface area contributed by atoms with Crippen molar-refractivity contribution in [1.82, 2.24) is 14.5 Å². The number of nitrogens with zero attached hydrogens (tertiary/aromatic N) is 3. The third-order valence-electron chi connectivity index (χ3n) is 4.37. The van der Waals surface area contributed by atoms with E-state index in [9.17, 15) is 9.18 Å². The molecule has 0 spiro atoms. The van der Waals surface area contributed by atoms with E-state index in [0.717, 1.165) is 4.88 Å². The minimum Gasteiger partial charge on any atom is -0.268 e. The molecule has 134 valence electrons. The van der Waals surface area contributed by atoms with Crippen LogP contribution < -0.4 is 5.56 Å². The Labute approximate surface area is 159 Å². The van der Waals surface area contributed by atoms with Gasteiger partial charge in [0.15, 0.2) is 0 Å². The van der Waals surface area contributed by atoms with Crippen molar-refractivity contribution in [1.29, 1.82) is 0 Å². The van der Waals surface area contributed by atoms with Gasteiger partial charge in [-0.3, -0.25) is 14.3 Å². The van der Waals surface area contributed by atoms with E-state index in [0.29, 0.717) is 33.7 Å². The number of aromatic nitrogens is 3. The van der Waals surface area contributed by atoms with Crippen LogP contribution in [0, 0.1) is 19.7 Å². The van der Waals surface area contributed by atoms with Crippen molar-refractivity contribution in [3.63, 3.8) is 0 Å². The average molecular weight is 377 g/mol. The quantitative estimate of drug-likeness (QED) is 0.517.